The number of benzene rings is 3. The molecule has 0 saturated heterocycles. The highest BCUT2D eigenvalue weighted by molar-refractivity contribution is 6.07. The molecular formula is C34H22FN5O2. The summed E-state index contributed by atoms with van der Waals surface area (Å²) >= 11 is 0. The van der Waals surface area contributed by atoms with Crippen LogP contribution in [0.1, 0.15) is 16.7 Å². The van der Waals surface area contributed by atoms with Gasteiger partial charge in [-0.3, -0.25) is 4.98 Å². The maximum absolute atomic E-state index is 14.4. The molecule has 7 nitrogen and oxygen atoms in total. The molecule has 0 N–H and O–H groups in total. The molecule has 0 fully saturated rings. The molecule has 4 heterocycles. The zero-order chi connectivity index (χ0) is 28.7. The average Bonchev–Trinajstić information content (AvgIpc) is 3.37. The minimum atomic E-state index is -0.914. The van der Waals surface area contributed by atoms with E-state index in [1.165, 1.54) is 0 Å². The minimum absolute atomic E-state index is 0.00145. The summed E-state index contributed by atoms with van der Waals surface area (Å²) in [5, 5.41) is 13.5. The average molecular weight is 552 g/mol. The van der Waals surface area contributed by atoms with E-state index in [1.807, 2.05) is 66.7 Å². The predicted molar refractivity (Wildman–Crippen MR) is 159 cm³/mol. The minimum Gasteiger partial charge on any atom is -0.358 e. The number of nitro groups is 1. The second kappa shape index (κ2) is 10.0. The fraction of sp³-hybridized carbons (Fsp3) is 0.0294. The van der Waals surface area contributed by atoms with E-state index in [0.717, 1.165) is 45.2 Å². The van der Waals surface area contributed by atoms with Crippen LogP contribution in [0.25, 0.3) is 33.2 Å². The number of aromatic nitrogens is 4. The Bertz CT molecular complexity index is 1980. The normalized spacial score (nSPS) is 11.6. The molecule has 4 aromatic heterocycles. The summed E-state index contributed by atoms with van der Waals surface area (Å²) in [6, 6.07) is 37.1. The van der Waals surface area contributed by atoms with Gasteiger partial charge in [0.2, 0.25) is 0 Å². The zero-order valence-electron chi connectivity index (χ0n) is 22.1. The van der Waals surface area contributed by atoms with Crippen LogP contribution in [0.5, 0.6) is 0 Å². The van der Waals surface area contributed by atoms with Gasteiger partial charge >= 0.3 is 5.82 Å². The van der Waals surface area contributed by atoms with Gasteiger partial charge < -0.3 is 14.7 Å². The van der Waals surface area contributed by atoms with Crippen molar-refractivity contribution >= 4 is 27.8 Å². The molecule has 0 radical (unpaired) electrons. The molecular weight excluding hydrogens is 529 g/mol. The van der Waals surface area contributed by atoms with Crippen molar-refractivity contribution in [2.45, 2.75) is 5.54 Å². The molecule has 0 saturated carbocycles. The summed E-state index contributed by atoms with van der Waals surface area (Å²) in [6.07, 6.45) is 4.38. The fourth-order valence-corrected chi connectivity index (χ4v) is 5.91. The van der Waals surface area contributed by atoms with Gasteiger partial charge in [-0.1, -0.05) is 91.0 Å². The molecule has 0 unspecified atom stereocenters. The lowest BCUT2D eigenvalue weighted by Crippen LogP contribution is -2.37. The Morgan fingerprint density at radius 3 is 1.90 bits per heavy atom. The Labute approximate surface area is 239 Å². The molecule has 0 aliphatic rings. The molecule has 3 aromatic carbocycles. The number of hydrogen-bond acceptors (Lipinski definition) is 5. The van der Waals surface area contributed by atoms with Crippen LogP contribution in [-0.2, 0) is 5.54 Å². The van der Waals surface area contributed by atoms with Crippen LogP contribution in [0.2, 0.25) is 0 Å². The van der Waals surface area contributed by atoms with Crippen molar-refractivity contribution < 1.29 is 9.31 Å². The second-order valence-corrected chi connectivity index (χ2v) is 9.89. The molecule has 7 aromatic rings. The first-order chi connectivity index (χ1) is 20.6. The summed E-state index contributed by atoms with van der Waals surface area (Å²) in [5.74, 6) is -1.15. The van der Waals surface area contributed by atoms with Gasteiger partial charge in [-0.25, -0.2) is 9.37 Å². The molecule has 0 aliphatic carbocycles. The zero-order valence-corrected chi connectivity index (χ0v) is 22.1. The second-order valence-electron chi connectivity index (χ2n) is 9.89. The number of rotatable bonds is 6. The molecule has 42 heavy (non-hydrogen) atoms. The van der Waals surface area contributed by atoms with Crippen molar-refractivity contribution in [2.24, 2.45) is 0 Å². The fourth-order valence-electron chi connectivity index (χ4n) is 5.91. The van der Waals surface area contributed by atoms with Crippen molar-refractivity contribution in [3.8, 4) is 11.3 Å². The molecule has 0 aliphatic heterocycles. The maximum Gasteiger partial charge on any atom is 0.373 e. The Balaban J connectivity index is 1.69. The summed E-state index contributed by atoms with van der Waals surface area (Å²) in [5.41, 5.74) is 3.72. The van der Waals surface area contributed by atoms with Crippen molar-refractivity contribution in [2.75, 3.05) is 0 Å². The first-order valence-electron chi connectivity index (χ1n) is 13.3. The Morgan fingerprint density at radius 2 is 1.33 bits per heavy atom. The standard InChI is InChI=1S/C34H22FN5O2/c35-26-20-28(32(37-21-26)40(41)42)30-17-16-27-29-22-36-19-18-31(29)39(33(27)38-30)34(23-10-4-1-5-11-23,24-12-6-2-7-13-24)25-14-8-3-9-15-25/h1-22H/i35+0. The number of nitrogens with zero attached hydrogens (tertiary/aromatic N) is 5. The van der Waals surface area contributed by atoms with Crippen LogP contribution in [-0.4, -0.2) is 24.4 Å². The smallest absolute Gasteiger partial charge is 0.358 e. The van der Waals surface area contributed by atoms with Crippen molar-refractivity contribution in [1.29, 1.82) is 0 Å². The van der Waals surface area contributed by atoms with Gasteiger partial charge in [0.05, 0.1) is 11.2 Å². The summed E-state index contributed by atoms with van der Waals surface area (Å²) in [4.78, 5) is 24.5. The van der Waals surface area contributed by atoms with E-state index >= 15 is 0 Å². The van der Waals surface area contributed by atoms with Gasteiger partial charge in [0, 0.05) is 23.2 Å². The quantitative estimate of drug-likeness (QED) is 0.121. The lowest BCUT2D eigenvalue weighted by atomic mass is 9.76. The van der Waals surface area contributed by atoms with E-state index in [0.29, 0.717) is 5.65 Å². The van der Waals surface area contributed by atoms with Crippen molar-refractivity contribution in [3.05, 3.63) is 166 Å². The van der Waals surface area contributed by atoms with Gasteiger partial charge in [0.15, 0.2) is 12.0 Å². The van der Waals surface area contributed by atoms with Gasteiger partial charge in [-0.05, 0) is 50.9 Å². The molecule has 0 spiro atoms. The number of pyridine rings is 3. The van der Waals surface area contributed by atoms with Gasteiger partial charge in [-0.15, -0.1) is 0 Å². The summed E-state index contributed by atoms with van der Waals surface area (Å²) in [7, 11) is 0. The molecule has 202 valence electrons. The Hall–Kier alpha value is -5.76. The highest BCUT2D eigenvalue weighted by Gasteiger charge is 2.41. The van der Waals surface area contributed by atoms with E-state index in [4.69, 9.17) is 4.98 Å². The molecule has 0 amide bonds. The Morgan fingerprint density at radius 1 is 0.738 bits per heavy atom. The van der Waals surface area contributed by atoms with Crippen LogP contribution >= 0.6 is 0 Å². The lowest BCUT2D eigenvalue weighted by molar-refractivity contribution is -0.388. The topological polar surface area (TPSA) is 86.7 Å². The Kier molecular flexibility index (Phi) is 6.01. The highest BCUT2D eigenvalue weighted by Crippen LogP contribution is 2.46. The van der Waals surface area contributed by atoms with Crippen LogP contribution in [0, 0.1) is 15.9 Å². The molecule has 7 rings (SSSR count). The highest BCUT2D eigenvalue weighted by atomic mass is 19.1. The van der Waals surface area contributed by atoms with Gasteiger partial charge in [0.25, 0.3) is 0 Å². The third-order valence-corrected chi connectivity index (χ3v) is 7.61. The molecule has 8 heteroatoms. The molecule has 0 bridgehead atoms. The van der Waals surface area contributed by atoms with Crippen LogP contribution in [0.15, 0.2) is 134 Å². The van der Waals surface area contributed by atoms with E-state index in [9.17, 15) is 14.5 Å². The van der Waals surface area contributed by atoms with Crippen molar-refractivity contribution in [3.63, 3.8) is 0 Å². The number of hydrogen-bond donors (Lipinski definition) is 0. The largest absolute Gasteiger partial charge is 0.373 e. The van der Waals surface area contributed by atoms with Gasteiger partial charge in [0.1, 0.15) is 16.7 Å². The van der Waals surface area contributed by atoms with Crippen LogP contribution < -0.4 is 0 Å². The molecule has 0 atom stereocenters. The van der Waals surface area contributed by atoms with E-state index < -0.39 is 22.1 Å². The maximum atomic E-state index is 14.4. The first kappa shape index (κ1) is 25.2. The van der Waals surface area contributed by atoms with Crippen LogP contribution in [0.4, 0.5) is 10.2 Å². The first-order valence-corrected chi connectivity index (χ1v) is 13.3. The van der Waals surface area contributed by atoms with E-state index in [1.54, 1.807) is 18.5 Å². The monoisotopic (exact) mass is 551 g/mol. The van der Waals surface area contributed by atoms with Gasteiger partial charge in [-0.2, -0.15) is 0 Å². The number of fused-ring (bicyclic) bond motifs is 3. The van der Waals surface area contributed by atoms with Crippen molar-refractivity contribution in [1.82, 2.24) is 19.5 Å². The van der Waals surface area contributed by atoms with E-state index in [2.05, 4.69) is 50.9 Å². The predicted octanol–water partition coefficient (Wildman–Crippen LogP) is 7.53. The summed E-state index contributed by atoms with van der Waals surface area (Å²) < 4.78 is 16.6. The third-order valence-electron chi connectivity index (χ3n) is 7.61. The number of halogens is 1. The lowest BCUT2D eigenvalue weighted by Gasteiger charge is -2.38. The summed E-state index contributed by atoms with van der Waals surface area (Å²) in [6.45, 7) is 0. The third kappa shape index (κ3) is 3.84. The van der Waals surface area contributed by atoms with E-state index in [-0.39, 0.29) is 11.3 Å². The van der Waals surface area contributed by atoms with Crippen LogP contribution in [0.3, 0.4) is 0 Å². The SMILES string of the molecule is O=[N+]([O-])c1ncc([19F])cc1-c1ccc2c3cnccc3n(C(c3ccccc3)(c3ccccc3)c3ccccc3)c2n1.